The topological polar surface area (TPSA) is 112 Å². The Morgan fingerprint density at radius 2 is 1.66 bits per heavy atom. The van der Waals surface area contributed by atoms with Crippen molar-refractivity contribution in [2.24, 2.45) is 0 Å². The maximum Gasteiger partial charge on any atom is 0.411 e. The number of ether oxygens (including phenoxy) is 3. The summed E-state index contributed by atoms with van der Waals surface area (Å²) >= 11 is 5.83. The zero-order valence-corrected chi connectivity index (χ0v) is 22.5. The Balaban J connectivity index is 1.76. The molecule has 2 aromatic rings. The van der Waals surface area contributed by atoms with Crippen molar-refractivity contribution in [2.45, 2.75) is 57.9 Å². The predicted molar refractivity (Wildman–Crippen MR) is 137 cm³/mol. The van der Waals surface area contributed by atoms with Gasteiger partial charge < -0.3 is 14.2 Å². The van der Waals surface area contributed by atoms with Crippen molar-refractivity contribution < 1.29 is 38.2 Å². The van der Waals surface area contributed by atoms with Gasteiger partial charge in [0.05, 0.1) is 18.7 Å². The van der Waals surface area contributed by atoms with E-state index in [1.165, 1.54) is 36.3 Å². The molecule has 1 saturated heterocycles. The van der Waals surface area contributed by atoms with Crippen molar-refractivity contribution in [3.63, 3.8) is 0 Å². The molecule has 0 spiro atoms. The summed E-state index contributed by atoms with van der Waals surface area (Å²) in [7, 11) is 1.27. The van der Waals surface area contributed by atoms with Crippen LogP contribution in [0.15, 0.2) is 54.6 Å². The zero-order valence-electron chi connectivity index (χ0n) is 21.7. The first-order chi connectivity index (χ1) is 18.0. The average molecular weight is 547 g/mol. The number of rotatable bonds is 7. The van der Waals surface area contributed by atoms with E-state index in [9.17, 15) is 19.2 Å². The van der Waals surface area contributed by atoms with Crippen molar-refractivity contribution in [3.05, 3.63) is 65.7 Å². The molecule has 0 bridgehead atoms. The maximum atomic E-state index is 13.1. The molecule has 1 aliphatic rings. The Morgan fingerprint density at radius 1 is 1.00 bits per heavy atom. The monoisotopic (exact) mass is 546 g/mol. The second-order valence-electron chi connectivity index (χ2n) is 9.65. The van der Waals surface area contributed by atoms with Crippen LogP contribution in [0.4, 0.5) is 9.59 Å². The largest absolute Gasteiger partial charge is 0.465 e. The van der Waals surface area contributed by atoms with Crippen LogP contribution < -0.4 is 4.74 Å². The zero-order chi connectivity index (χ0) is 27.9. The number of hydrogen-bond acceptors (Lipinski definition) is 8. The lowest BCUT2D eigenvalue weighted by molar-refractivity contribution is -0.165. The van der Waals surface area contributed by atoms with E-state index in [-0.39, 0.29) is 25.3 Å². The molecule has 38 heavy (non-hydrogen) atoms. The van der Waals surface area contributed by atoms with Crippen molar-refractivity contribution in [2.75, 3.05) is 13.7 Å². The van der Waals surface area contributed by atoms with Gasteiger partial charge in [-0.25, -0.2) is 19.4 Å². The van der Waals surface area contributed by atoms with Crippen LogP contribution in [-0.2, 0) is 25.7 Å². The molecular formula is C27H31ClN2O8. The van der Waals surface area contributed by atoms with Gasteiger partial charge >= 0.3 is 23.4 Å². The highest BCUT2D eigenvalue weighted by Gasteiger charge is 2.42. The average Bonchev–Trinajstić information content (AvgIpc) is 2.88. The van der Waals surface area contributed by atoms with Crippen LogP contribution in [0.1, 0.15) is 49.5 Å². The normalized spacial score (nSPS) is 17.3. The summed E-state index contributed by atoms with van der Waals surface area (Å²) in [5, 5.41) is 0.181. The van der Waals surface area contributed by atoms with Gasteiger partial charge in [-0.2, -0.15) is 0 Å². The Labute approximate surface area is 226 Å². The van der Waals surface area contributed by atoms with E-state index in [4.69, 9.17) is 25.9 Å². The Hall–Kier alpha value is -3.63. The summed E-state index contributed by atoms with van der Waals surface area (Å²) in [6.07, 6.45) is -0.262. The van der Waals surface area contributed by atoms with Gasteiger partial charge in [-0.15, -0.1) is 0 Å². The van der Waals surface area contributed by atoms with Crippen molar-refractivity contribution in [3.8, 4) is 5.75 Å². The van der Waals surface area contributed by atoms with E-state index < -0.39 is 41.1 Å². The van der Waals surface area contributed by atoms with Crippen molar-refractivity contribution in [1.29, 1.82) is 0 Å². The van der Waals surface area contributed by atoms with Crippen LogP contribution in [0, 0.1) is 0 Å². The van der Waals surface area contributed by atoms with E-state index in [1.807, 2.05) is 30.3 Å². The van der Waals surface area contributed by atoms with Crippen LogP contribution in [0.2, 0.25) is 0 Å². The number of piperidine rings is 1. The molecular weight excluding hydrogens is 516 g/mol. The Kier molecular flexibility index (Phi) is 9.71. The highest BCUT2D eigenvalue weighted by Crippen LogP contribution is 2.27. The molecule has 3 rings (SSSR count). The molecule has 10 nitrogen and oxygen atoms in total. The number of hydrogen-bond donors (Lipinski definition) is 0. The van der Waals surface area contributed by atoms with E-state index in [0.29, 0.717) is 12.0 Å². The molecule has 1 aliphatic heterocycles. The van der Waals surface area contributed by atoms with Gasteiger partial charge in [0.2, 0.25) is 0 Å². The van der Waals surface area contributed by atoms with Gasteiger partial charge in [0.1, 0.15) is 24.0 Å². The van der Waals surface area contributed by atoms with Gasteiger partial charge in [-0.05, 0) is 75.0 Å². The van der Waals surface area contributed by atoms with Crippen molar-refractivity contribution in [1.82, 2.24) is 9.96 Å². The quantitative estimate of drug-likeness (QED) is 0.158. The minimum absolute atomic E-state index is 0.0663. The van der Waals surface area contributed by atoms with Crippen LogP contribution >= 0.6 is 11.6 Å². The molecule has 204 valence electrons. The van der Waals surface area contributed by atoms with Crippen LogP contribution in [-0.4, -0.2) is 64.7 Å². The number of carbonyl (C=O) groups is 4. The molecule has 0 aromatic heterocycles. The van der Waals surface area contributed by atoms with Gasteiger partial charge in [-0.3, -0.25) is 14.5 Å². The third kappa shape index (κ3) is 7.93. The number of hydroxylamine groups is 2. The standard InChI is InChI=1S/C27H31ClN2O8/c1-27(2,3)38-26(34)29-16-20(30(25(28)33)36-17-18-8-6-5-7-9-18)12-15-22(29)24(32)37-21-13-10-19(11-14-21)23(31)35-4/h5-11,13-14,20,22H,12,15-17H2,1-4H3/t20-,22+/m1/s1. The third-order valence-electron chi connectivity index (χ3n) is 5.67. The predicted octanol–water partition coefficient (Wildman–Crippen LogP) is 4.94. The molecule has 0 radical (unpaired) electrons. The van der Waals surface area contributed by atoms with E-state index in [0.717, 1.165) is 10.6 Å². The van der Waals surface area contributed by atoms with Gasteiger partial charge in [-0.1, -0.05) is 30.3 Å². The number of likely N-dealkylation sites (tertiary alicyclic amines) is 1. The number of methoxy groups -OCH3 is 1. The lowest BCUT2D eigenvalue weighted by Gasteiger charge is -2.41. The number of esters is 2. The smallest absolute Gasteiger partial charge is 0.411 e. The molecule has 0 unspecified atom stereocenters. The Bertz CT molecular complexity index is 1130. The summed E-state index contributed by atoms with van der Waals surface area (Å²) < 4.78 is 15.7. The van der Waals surface area contributed by atoms with Crippen LogP contribution in [0.25, 0.3) is 0 Å². The summed E-state index contributed by atoms with van der Waals surface area (Å²) in [5.41, 5.74) is 0.299. The number of carbonyl (C=O) groups excluding carboxylic acids is 4. The summed E-state index contributed by atoms with van der Waals surface area (Å²) in [5.74, 6) is -1.02. The van der Waals surface area contributed by atoms with Crippen molar-refractivity contribution >= 4 is 35.0 Å². The Morgan fingerprint density at radius 3 is 2.24 bits per heavy atom. The van der Waals surface area contributed by atoms with Gasteiger partial charge in [0, 0.05) is 6.54 Å². The number of amides is 2. The van der Waals surface area contributed by atoms with Gasteiger partial charge in [0.15, 0.2) is 0 Å². The molecule has 11 heteroatoms. The summed E-state index contributed by atoms with van der Waals surface area (Å²) in [6.45, 7) is 5.15. The van der Waals surface area contributed by atoms with E-state index in [1.54, 1.807) is 20.8 Å². The number of benzene rings is 2. The first kappa shape index (κ1) is 28.9. The molecule has 0 aliphatic carbocycles. The summed E-state index contributed by atoms with van der Waals surface area (Å²) in [6, 6.07) is 13.5. The first-order valence-corrected chi connectivity index (χ1v) is 12.4. The highest BCUT2D eigenvalue weighted by atomic mass is 35.5. The lowest BCUT2D eigenvalue weighted by Crippen LogP contribution is -2.58. The molecule has 2 aromatic carbocycles. The second kappa shape index (κ2) is 12.7. The first-order valence-electron chi connectivity index (χ1n) is 12.0. The fraction of sp³-hybridized carbons (Fsp3) is 0.407. The molecule has 1 heterocycles. The fourth-order valence-electron chi connectivity index (χ4n) is 3.89. The summed E-state index contributed by atoms with van der Waals surface area (Å²) in [4.78, 5) is 57.1. The number of nitrogens with zero attached hydrogens (tertiary/aromatic N) is 2. The maximum absolute atomic E-state index is 13.1. The van der Waals surface area contributed by atoms with E-state index >= 15 is 0 Å². The minimum atomic E-state index is -0.984. The van der Waals surface area contributed by atoms with Crippen LogP contribution in [0.5, 0.6) is 5.75 Å². The van der Waals surface area contributed by atoms with Crippen LogP contribution in [0.3, 0.4) is 0 Å². The lowest BCUT2D eigenvalue weighted by atomic mass is 9.98. The molecule has 2 amide bonds. The third-order valence-corrected chi connectivity index (χ3v) is 5.84. The molecule has 2 atom stereocenters. The second-order valence-corrected chi connectivity index (χ2v) is 9.98. The highest BCUT2D eigenvalue weighted by molar-refractivity contribution is 6.62. The molecule has 1 fully saturated rings. The minimum Gasteiger partial charge on any atom is -0.465 e. The molecule has 0 saturated carbocycles. The fourth-order valence-corrected chi connectivity index (χ4v) is 4.08. The SMILES string of the molecule is COC(=O)c1ccc(OC(=O)[C@@H]2CC[C@@H](N(OCc3ccccc3)C(=O)Cl)CN2C(=O)OC(C)(C)C)cc1. The number of halogens is 1. The van der Waals surface area contributed by atoms with Gasteiger partial charge in [0.25, 0.3) is 0 Å². The van der Waals surface area contributed by atoms with E-state index in [2.05, 4.69) is 4.74 Å². The molecule has 0 N–H and O–H groups in total.